The molecule has 2 aromatic rings. The SMILES string of the molecule is Cc1cccc(C[C@@]2(Sc3ccccc3)C3(C)CC[C@@H](C3)C2(C)C)n1. The molecule has 132 valence electrons. The molecular weight excluding hydrogens is 322 g/mol. The predicted octanol–water partition coefficient (Wildman–Crippen LogP) is 6.31. The molecule has 2 aliphatic rings. The first-order valence-corrected chi connectivity index (χ1v) is 10.3. The average molecular weight is 352 g/mol. The Hall–Kier alpha value is -1.28. The summed E-state index contributed by atoms with van der Waals surface area (Å²) in [6.45, 7) is 9.70. The number of fused-ring (bicyclic) bond motifs is 2. The maximum Gasteiger partial charge on any atom is 0.0421 e. The van der Waals surface area contributed by atoms with Gasteiger partial charge in [-0.2, -0.15) is 0 Å². The van der Waals surface area contributed by atoms with Crippen LogP contribution < -0.4 is 0 Å². The van der Waals surface area contributed by atoms with Gasteiger partial charge in [0.25, 0.3) is 0 Å². The Morgan fingerprint density at radius 1 is 1.04 bits per heavy atom. The molecule has 2 aliphatic carbocycles. The first kappa shape index (κ1) is 17.1. The highest BCUT2D eigenvalue weighted by Crippen LogP contribution is 2.74. The quantitative estimate of drug-likeness (QED) is 0.640. The fourth-order valence-electron chi connectivity index (χ4n) is 5.71. The minimum absolute atomic E-state index is 0.199. The number of nitrogens with zero attached hydrogens (tertiary/aromatic N) is 1. The molecule has 4 rings (SSSR count). The molecule has 3 atom stereocenters. The van der Waals surface area contributed by atoms with Crippen LogP contribution in [0, 0.1) is 23.7 Å². The zero-order valence-electron chi connectivity index (χ0n) is 15.9. The van der Waals surface area contributed by atoms with Gasteiger partial charge in [-0.05, 0) is 67.2 Å². The number of benzene rings is 1. The van der Waals surface area contributed by atoms with Crippen LogP contribution in [0.5, 0.6) is 0 Å². The molecule has 1 unspecified atom stereocenters. The second kappa shape index (κ2) is 5.87. The van der Waals surface area contributed by atoms with Crippen molar-refractivity contribution >= 4 is 11.8 Å². The molecule has 0 spiro atoms. The molecule has 2 heteroatoms. The second-order valence-electron chi connectivity index (χ2n) is 8.91. The van der Waals surface area contributed by atoms with Crippen molar-refractivity contribution in [1.29, 1.82) is 0 Å². The number of pyridine rings is 1. The van der Waals surface area contributed by atoms with Gasteiger partial charge in [0.2, 0.25) is 0 Å². The molecule has 2 fully saturated rings. The fourth-order valence-corrected chi connectivity index (χ4v) is 7.48. The van der Waals surface area contributed by atoms with E-state index in [-0.39, 0.29) is 4.75 Å². The van der Waals surface area contributed by atoms with Crippen LogP contribution in [0.2, 0.25) is 0 Å². The molecule has 1 nitrogen and oxygen atoms in total. The molecule has 0 saturated heterocycles. The van der Waals surface area contributed by atoms with Gasteiger partial charge in [0, 0.05) is 27.5 Å². The van der Waals surface area contributed by atoms with Crippen molar-refractivity contribution < 1.29 is 0 Å². The maximum atomic E-state index is 4.89. The van der Waals surface area contributed by atoms with E-state index in [0.717, 1.165) is 18.0 Å². The summed E-state index contributed by atoms with van der Waals surface area (Å²) in [5, 5.41) is 0. The van der Waals surface area contributed by atoms with Crippen molar-refractivity contribution in [2.24, 2.45) is 16.7 Å². The molecule has 25 heavy (non-hydrogen) atoms. The number of thioether (sulfide) groups is 1. The fraction of sp³-hybridized carbons (Fsp3) is 0.522. The van der Waals surface area contributed by atoms with Crippen LogP contribution >= 0.6 is 11.8 Å². The zero-order chi connectivity index (χ0) is 17.7. The summed E-state index contributed by atoms with van der Waals surface area (Å²) in [5.74, 6) is 0.832. The number of aryl methyl sites for hydroxylation is 1. The largest absolute Gasteiger partial charge is 0.258 e. The van der Waals surface area contributed by atoms with E-state index in [9.17, 15) is 0 Å². The summed E-state index contributed by atoms with van der Waals surface area (Å²) in [7, 11) is 0. The molecule has 1 heterocycles. The van der Waals surface area contributed by atoms with Gasteiger partial charge in [-0.25, -0.2) is 0 Å². The van der Waals surface area contributed by atoms with E-state index >= 15 is 0 Å². The number of aromatic nitrogens is 1. The van der Waals surface area contributed by atoms with Crippen LogP contribution in [-0.2, 0) is 6.42 Å². The van der Waals surface area contributed by atoms with Gasteiger partial charge in [-0.3, -0.25) is 4.98 Å². The van der Waals surface area contributed by atoms with E-state index in [4.69, 9.17) is 4.98 Å². The van der Waals surface area contributed by atoms with Gasteiger partial charge in [-0.1, -0.05) is 45.0 Å². The van der Waals surface area contributed by atoms with Crippen LogP contribution in [-0.4, -0.2) is 9.73 Å². The topological polar surface area (TPSA) is 12.9 Å². The Morgan fingerprint density at radius 2 is 1.80 bits per heavy atom. The van der Waals surface area contributed by atoms with E-state index in [2.05, 4.69) is 88.0 Å². The first-order valence-electron chi connectivity index (χ1n) is 9.53. The summed E-state index contributed by atoms with van der Waals surface area (Å²) < 4.78 is 0.199. The van der Waals surface area contributed by atoms with Crippen LogP contribution in [0.3, 0.4) is 0 Å². The maximum absolute atomic E-state index is 4.89. The lowest BCUT2D eigenvalue weighted by Gasteiger charge is -2.54. The molecule has 2 saturated carbocycles. The van der Waals surface area contributed by atoms with E-state index in [1.165, 1.54) is 29.9 Å². The summed E-state index contributed by atoms with van der Waals surface area (Å²) in [6, 6.07) is 17.5. The second-order valence-corrected chi connectivity index (χ2v) is 10.3. The van der Waals surface area contributed by atoms with Crippen molar-refractivity contribution in [2.45, 2.75) is 63.0 Å². The van der Waals surface area contributed by atoms with E-state index in [0.29, 0.717) is 10.8 Å². The minimum Gasteiger partial charge on any atom is -0.258 e. The summed E-state index contributed by atoms with van der Waals surface area (Å²) in [6.07, 6.45) is 5.18. The highest BCUT2D eigenvalue weighted by atomic mass is 32.2. The summed E-state index contributed by atoms with van der Waals surface area (Å²) >= 11 is 2.13. The lowest BCUT2D eigenvalue weighted by molar-refractivity contribution is 0.107. The van der Waals surface area contributed by atoms with Gasteiger partial charge in [0.15, 0.2) is 0 Å². The van der Waals surface area contributed by atoms with E-state index in [1.54, 1.807) is 0 Å². The Balaban J connectivity index is 1.81. The van der Waals surface area contributed by atoms with Gasteiger partial charge < -0.3 is 0 Å². The van der Waals surface area contributed by atoms with Crippen molar-refractivity contribution in [3.05, 3.63) is 59.9 Å². The molecule has 0 radical (unpaired) electrons. The van der Waals surface area contributed by atoms with Crippen LogP contribution in [0.15, 0.2) is 53.4 Å². The molecule has 0 N–H and O–H groups in total. The van der Waals surface area contributed by atoms with Crippen molar-refractivity contribution in [3.8, 4) is 0 Å². The molecular formula is C23H29NS. The Kier molecular flexibility index (Phi) is 4.03. The minimum atomic E-state index is 0.199. The Bertz CT molecular complexity index is 762. The van der Waals surface area contributed by atoms with Gasteiger partial charge in [-0.15, -0.1) is 11.8 Å². The summed E-state index contributed by atoms with van der Waals surface area (Å²) in [4.78, 5) is 6.29. The first-order chi connectivity index (χ1) is 11.9. The lowest BCUT2D eigenvalue weighted by atomic mass is 9.61. The van der Waals surface area contributed by atoms with Crippen molar-refractivity contribution in [1.82, 2.24) is 4.98 Å². The smallest absolute Gasteiger partial charge is 0.0421 e. The number of hydrogen-bond acceptors (Lipinski definition) is 2. The molecule has 1 aromatic carbocycles. The Morgan fingerprint density at radius 3 is 2.44 bits per heavy atom. The van der Waals surface area contributed by atoms with Gasteiger partial charge in [0.1, 0.15) is 0 Å². The lowest BCUT2D eigenvalue weighted by Crippen LogP contribution is -2.53. The highest BCUT2D eigenvalue weighted by Gasteiger charge is 2.68. The zero-order valence-corrected chi connectivity index (χ0v) is 16.7. The Labute approximate surface area is 156 Å². The van der Waals surface area contributed by atoms with Gasteiger partial charge >= 0.3 is 0 Å². The normalized spacial score (nSPS) is 32.9. The van der Waals surface area contributed by atoms with E-state index in [1.807, 2.05) is 0 Å². The third-order valence-corrected chi connectivity index (χ3v) is 9.21. The van der Waals surface area contributed by atoms with Crippen LogP contribution in [0.4, 0.5) is 0 Å². The third-order valence-electron chi connectivity index (χ3n) is 7.19. The molecule has 2 bridgehead atoms. The van der Waals surface area contributed by atoms with Crippen LogP contribution in [0.25, 0.3) is 0 Å². The molecule has 0 amide bonds. The standard InChI is InChI=1S/C23H29NS/c1-17-9-8-10-19(24-17)16-23(25-20-11-6-5-7-12-20)21(2,3)18-13-14-22(23,4)15-18/h5-12,18H,13-16H2,1-4H3/t18-,22?,23-/m0/s1. The third kappa shape index (κ3) is 2.56. The van der Waals surface area contributed by atoms with Crippen molar-refractivity contribution in [3.63, 3.8) is 0 Å². The monoisotopic (exact) mass is 351 g/mol. The van der Waals surface area contributed by atoms with Gasteiger partial charge in [0.05, 0.1) is 0 Å². The van der Waals surface area contributed by atoms with Crippen molar-refractivity contribution in [2.75, 3.05) is 0 Å². The number of hydrogen-bond donors (Lipinski definition) is 0. The summed E-state index contributed by atoms with van der Waals surface area (Å²) in [5.41, 5.74) is 3.08. The molecule has 0 aliphatic heterocycles. The van der Waals surface area contributed by atoms with Crippen LogP contribution in [0.1, 0.15) is 51.4 Å². The average Bonchev–Trinajstić information content (AvgIpc) is 3.04. The van der Waals surface area contributed by atoms with E-state index < -0.39 is 0 Å². The number of rotatable bonds is 4. The molecule has 1 aromatic heterocycles. The highest BCUT2D eigenvalue weighted by molar-refractivity contribution is 8.00. The predicted molar refractivity (Wildman–Crippen MR) is 107 cm³/mol.